The van der Waals surface area contributed by atoms with E-state index in [0.29, 0.717) is 18.7 Å². The lowest BCUT2D eigenvalue weighted by molar-refractivity contribution is 0.0753. The molecular weight excluding hydrogens is 288 g/mol. The highest BCUT2D eigenvalue weighted by Crippen LogP contribution is 2.27. The summed E-state index contributed by atoms with van der Waals surface area (Å²) in [5, 5.41) is 0.827. The van der Waals surface area contributed by atoms with Crippen LogP contribution >= 0.6 is 0 Å². The fraction of sp³-hybridized carbons (Fsp3) is 0.158. The molecule has 0 spiro atoms. The monoisotopic (exact) mass is 304 g/mol. The van der Waals surface area contributed by atoms with Gasteiger partial charge in [-0.25, -0.2) is 0 Å². The maximum Gasteiger partial charge on any atom is 0.255 e. The summed E-state index contributed by atoms with van der Waals surface area (Å²) in [7, 11) is 1.62. The number of rotatable bonds is 2. The summed E-state index contributed by atoms with van der Waals surface area (Å²) in [6.45, 7) is 1.31. The largest absolute Gasteiger partial charge is 0.497 e. The molecular formula is C19H16N2O2. The zero-order chi connectivity index (χ0) is 15.8. The second-order valence-electron chi connectivity index (χ2n) is 5.67. The Bertz CT molecular complexity index is 880. The lowest BCUT2D eigenvalue weighted by atomic mass is 10.1. The van der Waals surface area contributed by atoms with Crippen LogP contribution < -0.4 is 4.74 Å². The van der Waals surface area contributed by atoms with Gasteiger partial charge in [0.05, 0.1) is 18.2 Å². The maximum absolute atomic E-state index is 13.0. The van der Waals surface area contributed by atoms with Crippen LogP contribution in [-0.4, -0.2) is 22.9 Å². The Kier molecular flexibility index (Phi) is 3.23. The van der Waals surface area contributed by atoms with Gasteiger partial charge in [0, 0.05) is 24.7 Å². The van der Waals surface area contributed by atoms with E-state index in [0.717, 1.165) is 16.7 Å². The molecule has 4 rings (SSSR count). The van der Waals surface area contributed by atoms with Crippen LogP contribution in [0.15, 0.2) is 54.7 Å². The first-order chi connectivity index (χ1) is 11.3. The Hall–Kier alpha value is -2.88. The molecule has 114 valence electrons. The standard InChI is InChI=1S/C19H16N2O2/c1-23-15-6-7-18-17(10-15)16(8-9-20-18)19(22)21-11-13-4-2-3-5-14(13)12-21/h2-10H,11-12H2,1H3. The molecule has 4 heteroatoms. The molecule has 0 unspecified atom stereocenters. The third-order valence-corrected chi connectivity index (χ3v) is 4.31. The van der Waals surface area contributed by atoms with Gasteiger partial charge in [-0.2, -0.15) is 0 Å². The number of carbonyl (C=O) groups is 1. The zero-order valence-corrected chi connectivity index (χ0v) is 12.8. The lowest BCUT2D eigenvalue weighted by Gasteiger charge is -2.17. The van der Waals surface area contributed by atoms with Gasteiger partial charge in [0.15, 0.2) is 0 Å². The summed E-state index contributed by atoms with van der Waals surface area (Å²) < 4.78 is 5.28. The number of fused-ring (bicyclic) bond motifs is 2. The second-order valence-corrected chi connectivity index (χ2v) is 5.67. The predicted molar refractivity (Wildman–Crippen MR) is 88.3 cm³/mol. The minimum absolute atomic E-state index is 0.0295. The second kappa shape index (κ2) is 5.39. The molecule has 23 heavy (non-hydrogen) atoms. The van der Waals surface area contributed by atoms with Gasteiger partial charge in [0.2, 0.25) is 0 Å². The predicted octanol–water partition coefficient (Wildman–Crippen LogP) is 3.40. The molecule has 0 atom stereocenters. The molecule has 0 saturated heterocycles. The average molecular weight is 304 g/mol. The number of aromatic nitrogens is 1. The van der Waals surface area contributed by atoms with E-state index in [1.807, 2.05) is 35.2 Å². The number of benzene rings is 2. The smallest absolute Gasteiger partial charge is 0.255 e. The highest BCUT2D eigenvalue weighted by Gasteiger charge is 2.25. The third-order valence-electron chi connectivity index (χ3n) is 4.31. The third kappa shape index (κ3) is 2.32. The van der Waals surface area contributed by atoms with Crippen molar-refractivity contribution >= 4 is 16.8 Å². The highest BCUT2D eigenvalue weighted by atomic mass is 16.5. The molecule has 1 aromatic heterocycles. The maximum atomic E-state index is 13.0. The number of hydrogen-bond acceptors (Lipinski definition) is 3. The van der Waals surface area contributed by atoms with E-state index in [9.17, 15) is 4.79 Å². The van der Waals surface area contributed by atoms with Crippen molar-refractivity contribution in [1.82, 2.24) is 9.88 Å². The number of amides is 1. The van der Waals surface area contributed by atoms with Gasteiger partial charge < -0.3 is 9.64 Å². The molecule has 0 saturated carbocycles. The minimum atomic E-state index is 0.0295. The van der Waals surface area contributed by atoms with Gasteiger partial charge >= 0.3 is 0 Å². The van der Waals surface area contributed by atoms with Crippen molar-refractivity contribution in [3.8, 4) is 5.75 Å². The SMILES string of the molecule is COc1ccc2nccc(C(=O)N3Cc4ccccc4C3)c2c1. The lowest BCUT2D eigenvalue weighted by Crippen LogP contribution is -2.25. The molecule has 2 aromatic carbocycles. The molecule has 0 radical (unpaired) electrons. The van der Waals surface area contributed by atoms with Crippen molar-refractivity contribution in [2.45, 2.75) is 13.1 Å². The number of methoxy groups -OCH3 is 1. The van der Waals surface area contributed by atoms with Crippen molar-refractivity contribution in [3.05, 3.63) is 71.4 Å². The fourth-order valence-electron chi connectivity index (χ4n) is 3.09. The van der Waals surface area contributed by atoms with Gasteiger partial charge in [0.25, 0.3) is 5.91 Å². The number of ether oxygens (including phenoxy) is 1. The van der Waals surface area contributed by atoms with Gasteiger partial charge in [0.1, 0.15) is 5.75 Å². The van der Waals surface area contributed by atoms with Gasteiger partial charge in [-0.15, -0.1) is 0 Å². The van der Waals surface area contributed by atoms with Crippen LogP contribution in [0, 0.1) is 0 Å². The van der Waals surface area contributed by atoms with Crippen LogP contribution in [0.1, 0.15) is 21.5 Å². The van der Waals surface area contributed by atoms with E-state index in [1.165, 1.54) is 11.1 Å². The van der Waals surface area contributed by atoms with Crippen molar-refractivity contribution < 1.29 is 9.53 Å². The van der Waals surface area contributed by atoms with Crippen LogP contribution in [0.5, 0.6) is 5.75 Å². The summed E-state index contributed by atoms with van der Waals surface area (Å²) in [6, 6.07) is 15.6. The normalized spacial score (nSPS) is 13.2. The molecule has 1 amide bonds. The topological polar surface area (TPSA) is 42.4 Å². The molecule has 1 aliphatic heterocycles. The average Bonchev–Trinajstić information content (AvgIpc) is 3.04. The number of hydrogen-bond donors (Lipinski definition) is 0. The molecule has 0 N–H and O–H groups in total. The van der Waals surface area contributed by atoms with E-state index in [4.69, 9.17) is 4.74 Å². The molecule has 0 aliphatic carbocycles. The van der Waals surface area contributed by atoms with Crippen molar-refractivity contribution in [3.63, 3.8) is 0 Å². The molecule has 0 bridgehead atoms. The Labute approximate surface area is 134 Å². The first-order valence-electron chi connectivity index (χ1n) is 7.55. The summed E-state index contributed by atoms with van der Waals surface area (Å²) in [5.74, 6) is 0.756. The van der Waals surface area contributed by atoms with Crippen molar-refractivity contribution in [2.24, 2.45) is 0 Å². The zero-order valence-electron chi connectivity index (χ0n) is 12.8. The Morgan fingerprint density at radius 3 is 2.52 bits per heavy atom. The first kappa shape index (κ1) is 13.8. The molecule has 3 aromatic rings. The van der Waals surface area contributed by atoms with Crippen LogP contribution in [-0.2, 0) is 13.1 Å². The van der Waals surface area contributed by atoms with E-state index in [1.54, 1.807) is 19.4 Å². The minimum Gasteiger partial charge on any atom is -0.497 e. The summed E-state index contributed by atoms with van der Waals surface area (Å²) >= 11 is 0. The summed E-state index contributed by atoms with van der Waals surface area (Å²) in [4.78, 5) is 19.2. The van der Waals surface area contributed by atoms with Crippen molar-refractivity contribution in [2.75, 3.05) is 7.11 Å². The summed E-state index contributed by atoms with van der Waals surface area (Å²) in [6.07, 6.45) is 1.69. The van der Waals surface area contributed by atoms with Gasteiger partial charge in [-0.3, -0.25) is 9.78 Å². The van der Waals surface area contributed by atoms with Crippen LogP contribution in [0.4, 0.5) is 0 Å². The first-order valence-corrected chi connectivity index (χ1v) is 7.55. The van der Waals surface area contributed by atoms with Crippen LogP contribution in [0.25, 0.3) is 10.9 Å². The molecule has 2 heterocycles. The van der Waals surface area contributed by atoms with Gasteiger partial charge in [-0.1, -0.05) is 24.3 Å². The molecule has 1 aliphatic rings. The Morgan fingerprint density at radius 1 is 1.09 bits per heavy atom. The highest BCUT2D eigenvalue weighted by molar-refractivity contribution is 6.06. The van der Waals surface area contributed by atoms with E-state index < -0.39 is 0 Å². The summed E-state index contributed by atoms with van der Waals surface area (Å²) in [5.41, 5.74) is 3.91. The Morgan fingerprint density at radius 2 is 1.83 bits per heavy atom. The number of nitrogens with zero attached hydrogens (tertiary/aromatic N) is 2. The van der Waals surface area contributed by atoms with E-state index >= 15 is 0 Å². The van der Waals surface area contributed by atoms with Crippen LogP contribution in [0.3, 0.4) is 0 Å². The fourth-order valence-corrected chi connectivity index (χ4v) is 3.09. The molecule has 4 nitrogen and oxygen atoms in total. The quantitative estimate of drug-likeness (QED) is 0.728. The van der Waals surface area contributed by atoms with Crippen LogP contribution in [0.2, 0.25) is 0 Å². The van der Waals surface area contributed by atoms with E-state index in [2.05, 4.69) is 17.1 Å². The molecule has 0 fully saturated rings. The number of pyridine rings is 1. The van der Waals surface area contributed by atoms with Crippen molar-refractivity contribution in [1.29, 1.82) is 0 Å². The Balaban J connectivity index is 1.73. The van der Waals surface area contributed by atoms with Gasteiger partial charge in [-0.05, 0) is 35.4 Å². The van der Waals surface area contributed by atoms with E-state index in [-0.39, 0.29) is 5.91 Å². The number of carbonyl (C=O) groups excluding carboxylic acids is 1.